The Morgan fingerprint density at radius 2 is 2.08 bits per heavy atom. The molecular formula is C16H23N7O. The van der Waals surface area contributed by atoms with Crippen LogP contribution in [0.25, 0.3) is 0 Å². The fourth-order valence-electron chi connectivity index (χ4n) is 2.67. The van der Waals surface area contributed by atoms with Crippen molar-refractivity contribution >= 4 is 23.6 Å². The van der Waals surface area contributed by atoms with Crippen LogP contribution in [0.3, 0.4) is 0 Å². The number of aryl methyl sites for hydroxylation is 1. The Bertz CT molecular complexity index is 753. The number of nitrogens with zero attached hydrogens (tertiary/aromatic N) is 3. The summed E-state index contributed by atoms with van der Waals surface area (Å²) >= 11 is 0. The third kappa shape index (κ3) is 3.32. The molecule has 0 bridgehead atoms. The number of carbonyl (C=O) groups excluding carboxylic acids is 1. The van der Waals surface area contributed by atoms with E-state index in [2.05, 4.69) is 44.4 Å². The summed E-state index contributed by atoms with van der Waals surface area (Å²) in [7, 11) is 0. The fourth-order valence-corrected chi connectivity index (χ4v) is 2.67. The topological polar surface area (TPSA) is 122 Å². The first-order chi connectivity index (χ1) is 11.4. The van der Waals surface area contributed by atoms with Crippen LogP contribution in [0.5, 0.6) is 0 Å². The van der Waals surface area contributed by atoms with Crippen LogP contribution in [-0.4, -0.2) is 31.9 Å². The molecule has 1 unspecified atom stereocenters. The van der Waals surface area contributed by atoms with Crippen LogP contribution >= 0.6 is 0 Å². The van der Waals surface area contributed by atoms with Crippen LogP contribution in [0, 0.1) is 0 Å². The minimum absolute atomic E-state index is 0.373. The van der Waals surface area contributed by atoms with Gasteiger partial charge < -0.3 is 21.4 Å². The van der Waals surface area contributed by atoms with E-state index in [0.717, 1.165) is 42.0 Å². The molecule has 0 aliphatic heterocycles. The maximum absolute atomic E-state index is 11.3. The smallest absolute Gasteiger partial charge is 0.239 e. The molecule has 2 aromatic heterocycles. The van der Waals surface area contributed by atoms with Gasteiger partial charge in [-0.1, -0.05) is 13.8 Å². The van der Waals surface area contributed by atoms with Crippen molar-refractivity contribution in [3.63, 3.8) is 0 Å². The van der Waals surface area contributed by atoms with Crippen molar-refractivity contribution in [2.75, 3.05) is 10.6 Å². The number of fused-ring (bicyclic) bond motifs is 1. The van der Waals surface area contributed by atoms with Crippen LogP contribution in [0.1, 0.15) is 50.1 Å². The predicted octanol–water partition coefficient (Wildman–Crippen LogP) is 1.84. The van der Waals surface area contributed by atoms with Gasteiger partial charge in [0.05, 0.1) is 11.9 Å². The van der Waals surface area contributed by atoms with Crippen LogP contribution in [0.15, 0.2) is 6.20 Å². The van der Waals surface area contributed by atoms with E-state index in [9.17, 15) is 4.79 Å². The highest BCUT2D eigenvalue weighted by atomic mass is 16.1. The van der Waals surface area contributed by atoms with E-state index in [4.69, 9.17) is 5.73 Å². The molecule has 2 heterocycles. The normalized spacial score (nSPS) is 14.5. The van der Waals surface area contributed by atoms with Gasteiger partial charge in [-0.2, -0.15) is 4.98 Å². The van der Waals surface area contributed by atoms with Gasteiger partial charge in [-0.05, 0) is 32.1 Å². The van der Waals surface area contributed by atoms with Crippen molar-refractivity contribution in [1.82, 2.24) is 19.9 Å². The third-order valence-corrected chi connectivity index (χ3v) is 4.16. The highest BCUT2D eigenvalue weighted by Crippen LogP contribution is 2.29. The first-order valence-electron chi connectivity index (χ1n) is 8.21. The molecule has 2 aromatic rings. The molecular weight excluding hydrogens is 306 g/mol. The molecule has 0 saturated heterocycles. The first kappa shape index (κ1) is 16.2. The number of H-pyrrole nitrogens is 1. The van der Waals surface area contributed by atoms with Gasteiger partial charge in [0.25, 0.3) is 0 Å². The molecule has 0 aromatic carbocycles. The van der Waals surface area contributed by atoms with E-state index in [1.807, 2.05) is 6.20 Å². The number of aromatic amines is 1. The van der Waals surface area contributed by atoms with Gasteiger partial charge in [-0.3, -0.25) is 4.79 Å². The lowest BCUT2D eigenvalue weighted by atomic mass is 10.2. The van der Waals surface area contributed by atoms with E-state index in [-0.39, 0.29) is 0 Å². The summed E-state index contributed by atoms with van der Waals surface area (Å²) in [5.74, 6) is 1.71. The van der Waals surface area contributed by atoms with Gasteiger partial charge in [-0.15, -0.1) is 0 Å². The number of nitrogens with two attached hydrogens (primary N) is 1. The van der Waals surface area contributed by atoms with Crippen LogP contribution in [0.4, 0.5) is 17.7 Å². The second-order valence-corrected chi connectivity index (χ2v) is 6.41. The molecule has 0 saturated carbocycles. The number of rotatable bonds is 6. The summed E-state index contributed by atoms with van der Waals surface area (Å²) < 4.78 is 0. The molecule has 8 heteroatoms. The monoisotopic (exact) mass is 329 g/mol. The van der Waals surface area contributed by atoms with E-state index < -0.39 is 11.9 Å². The molecule has 1 atom stereocenters. The zero-order chi connectivity index (χ0) is 17.3. The van der Waals surface area contributed by atoms with Crippen LogP contribution < -0.4 is 16.4 Å². The summed E-state index contributed by atoms with van der Waals surface area (Å²) in [6, 6.07) is -0.534. The first-order valence-corrected chi connectivity index (χ1v) is 8.21. The highest BCUT2D eigenvalue weighted by Gasteiger charge is 2.21. The Kier molecular flexibility index (Phi) is 4.37. The van der Waals surface area contributed by atoms with Gasteiger partial charge in [-0.25, -0.2) is 9.97 Å². The number of hydrogen-bond acceptors (Lipinski definition) is 6. The van der Waals surface area contributed by atoms with E-state index in [0.29, 0.717) is 17.8 Å². The molecule has 1 aliphatic rings. The highest BCUT2D eigenvalue weighted by molar-refractivity contribution is 5.82. The van der Waals surface area contributed by atoms with E-state index in [1.54, 1.807) is 6.92 Å². The molecule has 128 valence electrons. The Hall–Kier alpha value is -2.64. The Labute approximate surface area is 140 Å². The number of nitrogens with one attached hydrogen (secondary N) is 3. The van der Waals surface area contributed by atoms with Crippen molar-refractivity contribution in [3.8, 4) is 0 Å². The molecule has 24 heavy (non-hydrogen) atoms. The van der Waals surface area contributed by atoms with Gasteiger partial charge in [0.1, 0.15) is 11.9 Å². The quantitative estimate of drug-likeness (QED) is 0.641. The lowest BCUT2D eigenvalue weighted by Crippen LogP contribution is -2.33. The number of imidazole rings is 1. The number of amides is 1. The van der Waals surface area contributed by atoms with Gasteiger partial charge in [0.2, 0.25) is 17.8 Å². The Morgan fingerprint density at radius 3 is 2.75 bits per heavy atom. The largest absolute Gasteiger partial charge is 0.368 e. The van der Waals surface area contributed by atoms with Crippen molar-refractivity contribution in [1.29, 1.82) is 0 Å². The Balaban J connectivity index is 1.88. The SMILES string of the molecule is CC(Nc1nc2c(c(Nc3ncc(C(C)C)[nH]3)n1)CCC2)C(N)=O. The lowest BCUT2D eigenvalue weighted by molar-refractivity contribution is -0.118. The number of hydrogen-bond donors (Lipinski definition) is 4. The van der Waals surface area contributed by atoms with Crippen LogP contribution in [0.2, 0.25) is 0 Å². The lowest BCUT2D eigenvalue weighted by Gasteiger charge is -2.14. The second-order valence-electron chi connectivity index (χ2n) is 6.41. The second kappa shape index (κ2) is 6.46. The Morgan fingerprint density at radius 1 is 1.29 bits per heavy atom. The molecule has 0 fully saturated rings. The standard InChI is InChI=1S/C16H23N7O/c1-8(2)12-7-18-15(21-12)22-14-10-5-4-6-11(10)20-16(23-14)19-9(3)13(17)24/h7-9H,4-6H2,1-3H3,(H2,17,24)(H3,18,19,20,21,22,23). The molecule has 3 rings (SSSR count). The van der Waals surface area contributed by atoms with Crippen molar-refractivity contribution in [2.24, 2.45) is 5.73 Å². The average Bonchev–Trinajstić information content (AvgIpc) is 3.16. The molecule has 5 N–H and O–H groups in total. The molecule has 1 aliphatic carbocycles. The molecule has 1 amide bonds. The molecule has 8 nitrogen and oxygen atoms in total. The minimum atomic E-state index is -0.534. The predicted molar refractivity (Wildman–Crippen MR) is 92.3 cm³/mol. The summed E-state index contributed by atoms with van der Waals surface area (Å²) in [6.07, 6.45) is 4.70. The fraction of sp³-hybridized carbons (Fsp3) is 0.500. The summed E-state index contributed by atoms with van der Waals surface area (Å²) in [6.45, 7) is 5.90. The number of anilines is 3. The van der Waals surface area contributed by atoms with Crippen molar-refractivity contribution in [3.05, 3.63) is 23.1 Å². The molecule has 0 radical (unpaired) electrons. The zero-order valence-electron chi connectivity index (χ0n) is 14.2. The van der Waals surface area contributed by atoms with E-state index in [1.165, 1.54) is 0 Å². The van der Waals surface area contributed by atoms with Crippen LogP contribution in [-0.2, 0) is 17.6 Å². The summed E-state index contributed by atoms with van der Waals surface area (Å²) in [5.41, 5.74) is 8.47. The molecule has 0 spiro atoms. The number of primary amides is 1. The van der Waals surface area contributed by atoms with Gasteiger partial charge in [0.15, 0.2) is 0 Å². The number of carbonyl (C=O) groups is 1. The van der Waals surface area contributed by atoms with Crippen molar-refractivity contribution < 1.29 is 4.79 Å². The number of aromatic nitrogens is 4. The van der Waals surface area contributed by atoms with Gasteiger partial charge >= 0.3 is 0 Å². The maximum Gasteiger partial charge on any atom is 0.239 e. The van der Waals surface area contributed by atoms with Crippen molar-refractivity contribution in [2.45, 2.75) is 52.0 Å². The average molecular weight is 329 g/mol. The maximum atomic E-state index is 11.3. The third-order valence-electron chi connectivity index (χ3n) is 4.16. The summed E-state index contributed by atoms with van der Waals surface area (Å²) in [4.78, 5) is 27.9. The zero-order valence-corrected chi connectivity index (χ0v) is 14.2. The minimum Gasteiger partial charge on any atom is -0.368 e. The van der Waals surface area contributed by atoms with E-state index >= 15 is 0 Å². The van der Waals surface area contributed by atoms with Gasteiger partial charge in [0, 0.05) is 11.3 Å². The summed E-state index contributed by atoms with van der Waals surface area (Å²) in [5, 5.41) is 6.20.